The lowest BCUT2D eigenvalue weighted by Gasteiger charge is -2.13. The van der Waals surface area contributed by atoms with Crippen molar-refractivity contribution in [3.8, 4) is 0 Å². The van der Waals surface area contributed by atoms with E-state index in [1.807, 2.05) is 24.9 Å². The Bertz CT molecular complexity index is 469. The Labute approximate surface area is 100 Å². The first-order chi connectivity index (χ1) is 8.34. The van der Waals surface area contributed by atoms with Crippen molar-refractivity contribution in [1.82, 2.24) is 25.1 Å². The van der Waals surface area contributed by atoms with Gasteiger partial charge in [-0.05, 0) is 19.8 Å². The summed E-state index contributed by atoms with van der Waals surface area (Å²) in [7, 11) is 0. The maximum Gasteiger partial charge on any atom is 0.0951 e. The summed E-state index contributed by atoms with van der Waals surface area (Å²) in [6.07, 6.45) is 10.3. The van der Waals surface area contributed by atoms with Gasteiger partial charge >= 0.3 is 0 Å². The molecule has 1 unspecified atom stereocenters. The van der Waals surface area contributed by atoms with E-state index in [2.05, 4.69) is 32.0 Å². The molecule has 2 N–H and O–H groups in total. The van der Waals surface area contributed by atoms with Crippen molar-refractivity contribution in [3.63, 3.8) is 0 Å². The number of nitrogens with zero attached hydrogens (tertiary/aromatic N) is 3. The Kier molecular flexibility index (Phi) is 2.68. The van der Waals surface area contributed by atoms with Crippen LogP contribution in [-0.4, -0.2) is 19.7 Å². The maximum absolute atomic E-state index is 4.23. The van der Waals surface area contributed by atoms with Gasteiger partial charge in [-0.2, -0.15) is 5.10 Å². The van der Waals surface area contributed by atoms with Crippen molar-refractivity contribution in [2.24, 2.45) is 0 Å². The topological polar surface area (TPSA) is 58.5 Å². The highest BCUT2D eigenvalue weighted by Gasteiger charge is 2.25. The Hall–Kier alpha value is -1.62. The average Bonchev–Trinajstić information content (AvgIpc) is 2.87. The van der Waals surface area contributed by atoms with Gasteiger partial charge in [0.1, 0.15) is 0 Å². The molecule has 5 heteroatoms. The summed E-state index contributed by atoms with van der Waals surface area (Å²) in [6, 6.07) is 0.995. The van der Waals surface area contributed by atoms with Crippen LogP contribution in [0.3, 0.4) is 0 Å². The van der Waals surface area contributed by atoms with Gasteiger partial charge in [-0.3, -0.25) is 5.10 Å². The van der Waals surface area contributed by atoms with Crippen LogP contribution in [0.5, 0.6) is 0 Å². The van der Waals surface area contributed by atoms with E-state index in [9.17, 15) is 0 Å². The van der Waals surface area contributed by atoms with Gasteiger partial charge in [0.2, 0.25) is 0 Å². The third-order valence-electron chi connectivity index (χ3n) is 3.30. The number of H-pyrrole nitrogens is 1. The van der Waals surface area contributed by atoms with E-state index < -0.39 is 0 Å². The molecule has 0 radical (unpaired) electrons. The van der Waals surface area contributed by atoms with Gasteiger partial charge in [0, 0.05) is 36.6 Å². The van der Waals surface area contributed by atoms with Gasteiger partial charge in [0.25, 0.3) is 0 Å². The lowest BCUT2D eigenvalue weighted by atomic mass is 10.2. The van der Waals surface area contributed by atoms with Gasteiger partial charge in [0.05, 0.1) is 18.2 Å². The smallest absolute Gasteiger partial charge is 0.0951 e. The molecule has 0 amide bonds. The molecule has 2 heterocycles. The van der Waals surface area contributed by atoms with Crippen LogP contribution in [0.25, 0.3) is 0 Å². The lowest BCUT2D eigenvalue weighted by Crippen LogP contribution is -2.19. The number of aromatic amines is 1. The molecule has 0 aromatic carbocycles. The summed E-state index contributed by atoms with van der Waals surface area (Å²) in [5, 5.41) is 10.3. The van der Waals surface area contributed by atoms with Gasteiger partial charge in [-0.25, -0.2) is 4.98 Å². The van der Waals surface area contributed by atoms with Crippen molar-refractivity contribution in [3.05, 3.63) is 36.2 Å². The first kappa shape index (κ1) is 10.5. The van der Waals surface area contributed by atoms with Crippen molar-refractivity contribution < 1.29 is 0 Å². The van der Waals surface area contributed by atoms with Crippen LogP contribution in [0, 0.1) is 0 Å². The number of imidazole rings is 1. The fourth-order valence-electron chi connectivity index (χ4n) is 2.02. The molecular weight excluding hydrogens is 214 g/mol. The number of hydrogen-bond acceptors (Lipinski definition) is 3. The van der Waals surface area contributed by atoms with Crippen LogP contribution < -0.4 is 5.32 Å². The van der Waals surface area contributed by atoms with Gasteiger partial charge in [0.15, 0.2) is 0 Å². The van der Waals surface area contributed by atoms with Crippen LogP contribution in [0.4, 0.5) is 0 Å². The summed E-state index contributed by atoms with van der Waals surface area (Å²) in [6.45, 7) is 2.99. The lowest BCUT2D eigenvalue weighted by molar-refractivity contribution is 0.547. The third-order valence-corrected chi connectivity index (χ3v) is 3.30. The minimum atomic E-state index is 0.302. The molecule has 0 saturated heterocycles. The molecule has 3 rings (SSSR count). The van der Waals surface area contributed by atoms with Crippen LogP contribution in [0.1, 0.15) is 43.1 Å². The molecule has 1 fully saturated rings. The predicted molar refractivity (Wildman–Crippen MR) is 64.3 cm³/mol. The van der Waals surface area contributed by atoms with Gasteiger partial charge in [-0.15, -0.1) is 0 Å². The second-order valence-corrected chi connectivity index (χ2v) is 4.66. The van der Waals surface area contributed by atoms with E-state index in [1.165, 1.54) is 24.1 Å². The van der Waals surface area contributed by atoms with E-state index >= 15 is 0 Å². The SMILES string of the molecule is CC(NCc1cncn1C1CC1)c1cn[nH]c1. The largest absolute Gasteiger partial charge is 0.330 e. The van der Waals surface area contributed by atoms with Crippen LogP contribution in [0.2, 0.25) is 0 Å². The second kappa shape index (κ2) is 4.33. The summed E-state index contributed by atoms with van der Waals surface area (Å²) in [5.74, 6) is 0. The van der Waals surface area contributed by atoms with Crippen LogP contribution >= 0.6 is 0 Å². The van der Waals surface area contributed by atoms with Gasteiger partial charge < -0.3 is 9.88 Å². The summed E-state index contributed by atoms with van der Waals surface area (Å²) < 4.78 is 2.29. The molecule has 90 valence electrons. The molecule has 2 aromatic rings. The molecule has 1 aliphatic carbocycles. The molecule has 0 bridgehead atoms. The predicted octanol–water partition coefficient (Wildman–Crippen LogP) is 1.79. The molecule has 1 saturated carbocycles. The Morgan fingerprint density at radius 3 is 3.12 bits per heavy atom. The van der Waals surface area contributed by atoms with Crippen molar-refractivity contribution in [2.75, 3.05) is 0 Å². The van der Waals surface area contributed by atoms with Crippen molar-refractivity contribution in [2.45, 2.75) is 38.4 Å². The van der Waals surface area contributed by atoms with Gasteiger partial charge in [-0.1, -0.05) is 0 Å². The zero-order valence-corrected chi connectivity index (χ0v) is 9.93. The number of rotatable bonds is 5. The molecule has 1 aliphatic rings. The third kappa shape index (κ3) is 2.24. The van der Waals surface area contributed by atoms with E-state index in [4.69, 9.17) is 0 Å². The zero-order valence-electron chi connectivity index (χ0n) is 9.93. The molecular formula is C12H17N5. The zero-order chi connectivity index (χ0) is 11.7. The summed E-state index contributed by atoms with van der Waals surface area (Å²) >= 11 is 0. The fraction of sp³-hybridized carbons (Fsp3) is 0.500. The second-order valence-electron chi connectivity index (χ2n) is 4.66. The van der Waals surface area contributed by atoms with E-state index in [-0.39, 0.29) is 0 Å². The first-order valence-electron chi connectivity index (χ1n) is 6.07. The van der Waals surface area contributed by atoms with Crippen LogP contribution in [0.15, 0.2) is 24.9 Å². The minimum absolute atomic E-state index is 0.302. The standard InChI is InChI=1S/C12H17N5/c1-9(10-4-15-16-5-10)14-7-12-6-13-8-17(12)11-2-3-11/h4-6,8-9,11,14H,2-3,7H2,1H3,(H,15,16). The van der Waals surface area contributed by atoms with Crippen molar-refractivity contribution in [1.29, 1.82) is 0 Å². The highest BCUT2D eigenvalue weighted by Crippen LogP contribution is 2.35. The van der Waals surface area contributed by atoms with E-state index in [0.29, 0.717) is 12.1 Å². The highest BCUT2D eigenvalue weighted by atomic mass is 15.1. The quantitative estimate of drug-likeness (QED) is 0.824. The number of hydrogen-bond donors (Lipinski definition) is 2. The normalized spacial score (nSPS) is 17.2. The molecule has 17 heavy (non-hydrogen) atoms. The Morgan fingerprint density at radius 1 is 1.53 bits per heavy atom. The maximum atomic E-state index is 4.23. The van der Waals surface area contributed by atoms with Crippen LogP contribution in [-0.2, 0) is 6.54 Å². The summed E-state index contributed by atoms with van der Waals surface area (Å²) in [4.78, 5) is 4.23. The number of aromatic nitrogens is 4. The summed E-state index contributed by atoms with van der Waals surface area (Å²) in [5.41, 5.74) is 2.45. The van der Waals surface area contributed by atoms with Crippen molar-refractivity contribution >= 4 is 0 Å². The van der Waals surface area contributed by atoms with E-state index in [1.54, 1.807) is 0 Å². The first-order valence-corrected chi connectivity index (χ1v) is 6.07. The fourth-order valence-corrected chi connectivity index (χ4v) is 2.02. The molecule has 2 aromatic heterocycles. The highest BCUT2D eigenvalue weighted by molar-refractivity contribution is 5.09. The average molecular weight is 231 g/mol. The molecule has 5 nitrogen and oxygen atoms in total. The molecule has 0 spiro atoms. The minimum Gasteiger partial charge on any atom is -0.330 e. The number of nitrogens with one attached hydrogen (secondary N) is 2. The molecule has 0 aliphatic heterocycles. The molecule has 1 atom stereocenters. The monoisotopic (exact) mass is 231 g/mol. The van der Waals surface area contributed by atoms with E-state index in [0.717, 1.165) is 6.54 Å². The Balaban J connectivity index is 1.61. The Morgan fingerprint density at radius 2 is 2.41 bits per heavy atom.